The summed E-state index contributed by atoms with van der Waals surface area (Å²) in [5.41, 5.74) is 0. The maximum atomic E-state index is 12.1. The van der Waals surface area contributed by atoms with Gasteiger partial charge in [0.1, 0.15) is 0 Å². The largest absolute Gasteiger partial charge is 0.490 e. The zero-order valence-electron chi connectivity index (χ0n) is 13.6. The Morgan fingerprint density at radius 3 is 2.36 bits per heavy atom. The third-order valence-corrected chi connectivity index (χ3v) is 3.80. The minimum absolute atomic E-state index is 0.231. The van der Waals surface area contributed by atoms with Crippen LogP contribution in [0.2, 0.25) is 0 Å². The summed E-state index contributed by atoms with van der Waals surface area (Å²) in [4.78, 5) is 16.3. The molecule has 0 unspecified atom stereocenters. The highest BCUT2D eigenvalue weighted by molar-refractivity contribution is 5.76. The molecule has 2 rings (SSSR count). The first-order valence-corrected chi connectivity index (χ1v) is 8.01. The molecule has 22 heavy (non-hydrogen) atoms. The normalized spacial score (nSPS) is 15.6. The number of hydrogen-bond donors (Lipinski definition) is 0. The van der Waals surface area contributed by atoms with Crippen LogP contribution in [0.1, 0.15) is 19.8 Å². The lowest BCUT2D eigenvalue weighted by Crippen LogP contribution is -2.47. The molecule has 1 aliphatic heterocycles. The van der Waals surface area contributed by atoms with Crippen molar-refractivity contribution in [2.75, 3.05) is 46.4 Å². The topological polar surface area (TPSA) is 42.0 Å². The Morgan fingerprint density at radius 1 is 1.09 bits per heavy atom. The Balaban J connectivity index is 1.70. The summed E-state index contributed by atoms with van der Waals surface area (Å²) in [6.45, 7) is 6.69. The van der Waals surface area contributed by atoms with E-state index in [1.807, 2.05) is 36.1 Å². The van der Waals surface area contributed by atoms with Crippen molar-refractivity contribution >= 4 is 5.91 Å². The van der Waals surface area contributed by atoms with Gasteiger partial charge in [-0.1, -0.05) is 12.1 Å². The van der Waals surface area contributed by atoms with Crippen LogP contribution in [0.5, 0.6) is 11.5 Å². The molecule has 0 atom stereocenters. The van der Waals surface area contributed by atoms with Gasteiger partial charge in [0.25, 0.3) is 0 Å². The predicted molar refractivity (Wildman–Crippen MR) is 86.4 cm³/mol. The van der Waals surface area contributed by atoms with Gasteiger partial charge in [0.2, 0.25) is 5.91 Å². The molecular weight excluding hydrogens is 280 g/mol. The summed E-state index contributed by atoms with van der Waals surface area (Å²) < 4.78 is 11.3. The average molecular weight is 306 g/mol. The molecule has 1 fully saturated rings. The quantitative estimate of drug-likeness (QED) is 0.723. The van der Waals surface area contributed by atoms with Gasteiger partial charge in [-0.05, 0) is 32.5 Å². The molecule has 0 aromatic heterocycles. The van der Waals surface area contributed by atoms with Gasteiger partial charge >= 0.3 is 0 Å². The van der Waals surface area contributed by atoms with Crippen molar-refractivity contribution < 1.29 is 14.3 Å². The van der Waals surface area contributed by atoms with Crippen molar-refractivity contribution in [1.29, 1.82) is 0 Å². The summed E-state index contributed by atoms with van der Waals surface area (Å²) >= 11 is 0. The van der Waals surface area contributed by atoms with Crippen LogP contribution < -0.4 is 9.47 Å². The van der Waals surface area contributed by atoms with Crippen LogP contribution in [-0.2, 0) is 4.79 Å². The molecule has 5 nitrogen and oxygen atoms in total. The Bertz CT molecular complexity index is 471. The van der Waals surface area contributed by atoms with E-state index >= 15 is 0 Å². The van der Waals surface area contributed by atoms with Crippen molar-refractivity contribution in [3.8, 4) is 11.5 Å². The van der Waals surface area contributed by atoms with E-state index in [4.69, 9.17) is 9.47 Å². The molecule has 0 N–H and O–H groups in total. The number of carbonyl (C=O) groups is 1. The number of hydrogen-bond acceptors (Lipinski definition) is 4. The van der Waals surface area contributed by atoms with E-state index in [9.17, 15) is 4.79 Å². The smallest absolute Gasteiger partial charge is 0.222 e. The third kappa shape index (κ3) is 4.91. The van der Waals surface area contributed by atoms with E-state index in [1.54, 1.807) is 0 Å². The first-order chi connectivity index (χ1) is 10.7. The van der Waals surface area contributed by atoms with Gasteiger partial charge < -0.3 is 19.3 Å². The van der Waals surface area contributed by atoms with Gasteiger partial charge in [-0.2, -0.15) is 0 Å². The first kappa shape index (κ1) is 16.6. The monoisotopic (exact) mass is 306 g/mol. The van der Waals surface area contributed by atoms with Crippen LogP contribution in [0.4, 0.5) is 0 Å². The number of para-hydroxylation sites is 2. The van der Waals surface area contributed by atoms with Crippen LogP contribution in [0, 0.1) is 0 Å². The molecule has 1 amide bonds. The predicted octanol–water partition coefficient (Wildman–Crippen LogP) is 2.02. The van der Waals surface area contributed by atoms with E-state index in [1.165, 1.54) is 0 Å². The highest BCUT2D eigenvalue weighted by Crippen LogP contribution is 2.26. The summed E-state index contributed by atoms with van der Waals surface area (Å²) in [6, 6.07) is 7.64. The maximum absolute atomic E-state index is 12.1. The zero-order chi connectivity index (χ0) is 15.8. The number of benzene rings is 1. The molecule has 0 bridgehead atoms. The molecule has 5 heteroatoms. The lowest BCUT2D eigenvalue weighted by molar-refractivity contribution is -0.133. The van der Waals surface area contributed by atoms with Gasteiger partial charge in [0, 0.05) is 32.6 Å². The van der Waals surface area contributed by atoms with Crippen molar-refractivity contribution in [3.63, 3.8) is 0 Å². The van der Waals surface area contributed by atoms with E-state index in [0.717, 1.165) is 44.1 Å². The molecule has 1 saturated heterocycles. The summed E-state index contributed by atoms with van der Waals surface area (Å²) in [7, 11) is 2.09. The van der Waals surface area contributed by atoms with Gasteiger partial charge in [-0.3, -0.25) is 4.79 Å². The number of rotatable bonds is 7. The van der Waals surface area contributed by atoms with Crippen molar-refractivity contribution in [3.05, 3.63) is 24.3 Å². The van der Waals surface area contributed by atoms with Crippen LogP contribution in [-0.4, -0.2) is 62.1 Å². The van der Waals surface area contributed by atoms with E-state index in [-0.39, 0.29) is 5.91 Å². The number of amides is 1. The van der Waals surface area contributed by atoms with E-state index < -0.39 is 0 Å². The number of piperazine rings is 1. The molecule has 1 aliphatic rings. The molecule has 1 heterocycles. The van der Waals surface area contributed by atoms with Crippen LogP contribution >= 0.6 is 0 Å². The van der Waals surface area contributed by atoms with Gasteiger partial charge in [-0.15, -0.1) is 0 Å². The molecule has 0 spiro atoms. The maximum Gasteiger partial charge on any atom is 0.222 e. The Labute approximate surface area is 132 Å². The highest BCUT2D eigenvalue weighted by Gasteiger charge is 2.18. The summed E-state index contributed by atoms with van der Waals surface area (Å²) in [6.07, 6.45) is 1.27. The fourth-order valence-electron chi connectivity index (χ4n) is 2.46. The lowest BCUT2D eigenvalue weighted by Gasteiger charge is -2.32. The number of carbonyl (C=O) groups excluding carboxylic acids is 1. The minimum Gasteiger partial charge on any atom is -0.490 e. The second-order valence-corrected chi connectivity index (χ2v) is 5.52. The number of ether oxygens (including phenoxy) is 2. The molecule has 0 saturated carbocycles. The molecule has 122 valence electrons. The molecule has 1 aromatic carbocycles. The zero-order valence-corrected chi connectivity index (χ0v) is 13.6. The third-order valence-electron chi connectivity index (χ3n) is 3.80. The molecular formula is C17H26N2O3. The summed E-state index contributed by atoms with van der Waals surface area (Å²) in [5, 5.41) is 0. The van der Waals surface area contributed by atoms with Gasteiger partial charge in [0.15, 0.2) is 11.5 Å². The van der Waals surface area contributed by atoms with Gasteiger partial charge in [-0.25, -0.2) is 0 Å². The van der Waals surface area contributed by atoms with Crippen molar-refractivity contribution in [2.24, 2.45) is 0 Å². The molecule has 0 radical (unpaired) electrons. The van der Waals surface area contributed by atoms with E-state index in [2.05, 4.69) is 11.9 Å². The Morgan fingerprint density at radius 2 is 1.73 bits per heavy atom. The molecule has 0 aliphatic carbocycles. The van der Waals surface area contributed by atoms with Gasteiger partial charge in [0.05, 0.1) is 13.2 Å². The Hall–Kier alpha value is -1.75. The number of nitrogens with zero attached hydrogens (tertiary/aromatic N) is 2. The van der Waals surface area contributed by atoms with Crippen molar-refractivity contribution in [2.45, 2.75) is 19.8 Å². The SMILES string of the molecule is CCOc1ccccc1OCCCC(=O)N1CCN(C)CC1. The first-order valence-electron chi connectivity index (χ1n) is 8.01. The van der Waals surface area contributed by atoms with Crippen molar-refractivity contribution in [1.82, 2.24) is 9.80 Å². The fraction of sp³-hybridized carbons (Fsp3) is 0.588. The standard InChI is InChI=1S/C17H26N2O3/c1-3-21-15-7-4-5-8-16(15)22-14-6-9-17(20)19-12-10-18(2)11-13-19/h4-5,7-8H,3,6,9-14H2,1-2H3. The lowest BCUT2D eigenvalue weighted by atomic mass is 10.2. The second kappa shape index (κ2) is 8.63. The van der Waals surface area contributed by atoms with E-state index in [0.29, 0.717) is 19.6 Å². The fourth-order valence-corrected chi connectivity index (χ4v) is 2.46. The van der Waals surface area contributed by atoms with Crippen LogP contribution in [0.15, 0.2) is 24.3 Å². The second-order valence-electron chi connectivity index (χ2n) is 5.52. The summed E-state index contributed by atoms with van der Waals surface area (Å²) in [5.74, 6) is 1.74. The van der Waals surface area contributed by atoms with Crippen LogP contribution in [0.3, 0.4) is 0 Å². The van der Waals surface area contributed by atoms with Crippen LogP contribution in [0.25, 0.3) is 0 Å². The minimum atomic E-state index is 0.231. The highest BCUT2D eigenvalue weighted by atomic mass is 16.5. The average Bonchev–Trinajstić information content (AvgIpc) is 2.53. The molecule has 1 aromatic rings. The Kier molecular flexibility index (Phi) is 6.52. The number of likely N-dealkylation sites (N-methyl/N-ethyl adjacent to an activating group) is 1.